The van der Waals surface area contributed by atoms with Crippen LogP contribution >= 0.6 is 0 Å². The van der Waals surface area contributed by atoms with E-state index in [-0.39, 0.29) is 41.0 Å². The van der Waals surface area contributed by atoms with E-state index in [1.165, 1.54) is 24.9 Å². The summed E-state index contributed by atoms with van der Waals surface area (Å²) in [5, 5.41) is 0. The minimum Gasteiger partial charge on any atom is -0.462 e. The van der Waals surface area contributed by atoms with Crippen molar-refractivity contribution in [2.45, 2.75) is 57.3 Å². The summed E-state index contributed by atoms with van der Waals surface area (Å²) >= 11 is 0. The highest BCUT2D eigenvalue weighted by atomic mass is 16.6. The van der Waals surface area contributed by atoms with E-state index >= 15 is 0 Å². The predicted molar refractivity (Wildman–Crippen MR) is 114 cm³/mol. The van der Waals surface area contributed by atoms with Gasteiger partial charge >= 0.3 is 5.97 Å². The number of anilines is 1. The Hall–Kier alpha value is -1.59. The fourth-order valence-corrected chi connectivity index (χ4v) is 7.70. The zero-order valence-electron chi connectivity index (χ0n) is 18.3. The van der Waals surface area contributed by atoms with Gasteiger partial charge in [-0.05, 0) is 37.3 Å². The van der Waals surface area contributed by atoms with Gasteiger partial charge in [0.25, 0.3) is 0 Å². The average Bonchev–Trinajstić information content (AvgIpc) is 3.44. The van der Waals surface area contributed by atoms with Gasteiger partial charge in [0.1, 0.15) is 17.6 Å². The molecule has 5 nitrogen and oxygen atoms in total. The first kappa shape index (κ1) is 19.1. The first-order valence-electron chi connectivity index (χ1n) is 12.0. The lowest BCUT2D eigenvalue weighted by atomic mass is 9.53. The number of nitrogens with one attached hydrogen (secondary N) is 1. The van der Waals surface area contributed by atoms with Gasteiger partial charge in [-0.25, -0.2) is 0 Å². The molecule has 162 valence electrons. The van der Waals surface area contributed by atoms with Crippen LogP contribution in [-0.4, -0.2) is 56.5 Å². The zero-order chi connectivity index (χ0) is 20.5. The minimum absolute atomic E-state index is 0.0105. The van der Waals surface area contributed by atoms with Gasteiger partial charge in [0.05, 0.1) is 38.8 Å². The lowest BCUT2D eigenvalue weighted by Crippen LogP contribution is -3.15. The Kier molecular flexibility index (Phi) is 4.27. The van der Waals surface area contributed by atoms with Crippen LogP contribution in [-0.2, 0) is 14.3 Å². The number of hydrogen-bond acceptors (Lipinski definition) is 4. The molecule has 0 amide bonds. The van der Waals surface area contributed by atoms with E-state index in [9.17, 15) is 4.79 Å². The molecule has 2 aliphatic carbocycles. The third-order valence-electron chi connectivity index (χ3n) is 9.29. The lowest BCUT2D eigenvalue weighted by molar-refractivity contribution is -0.903. The van der Waals surface area contributed by atoms with E-state index in [0.717, 1.165) is 39.1 Å². The molecule has 5 aliphatic rings. The number of quaternary nitrogens is 1. The lowest BCUT2D eigenvalue weighted by Gasteiger charge is -2.48. The number of rotatable bonds is 3. The van der Waals surface area contributed by atoms with E-state index in [1.54, 1.807) is 4.90 Å². The molecule has 5 fully saturated rings. The number of para-hydroxylation sites is 1. The summed E-state index contributed by atoms with van der Waals surface area (Å²) in [6.07, 6.45) is 5.06. The van der Waals surface area contributed by atoms with Crippen LogP contribution < -0.4 is 9.80 Å². The van der Waals surface area contributed by atoms with Crippen molar-refractivity contribution in [1.82, 2.24) is 0 Å². The van der Waals surface area contributed by atoms with Crippen molar-refractivity contribution < 1.29 is 19.2 Å². The quantitative estimate of drug-likeness (QED) is 0.610. The molecule has 0 aromatic heterocycles. The van der Waals surface area contributed by atoms with Gasteiger partial charge < -0.3 is 19.3 Å². The number of hydrogen-bond donors (Lipinski definition) is 1. The molecule has 0 unspecified atom stereocenters. The number of nitrogens with zero attached hydrogens (tertiary/aromatic N) is 1. The van der Waals surface area contributed by atoms with Gasteiger partial charge in [-0.1, -0.05) is 38.5 Å². The van der Waals surface area contributed by atoms with Crippen molar-refractivity contribution in [2.75, 3.05) is 37.6 Å². The Labute approximate surface area is 179 Å². The summed E-state index contributed by atoms with van der Waals surface area (Å²) in [4.78, 5) is 17.0. The Morgan fingerprint density at radius 2 is 1.97 bits per heavy atom. The van der Waals surface area contributed by atoms with Crippen LogP contribution in [0.2, 0.25) is 0 Å². The maximum atomic E-state index is 13.0. The van der Waals surface area contributed by atoms with Crippen molar-refractivity contribution >= 4 is 11.7 Å². The summed E-state index contributed by atoms with van der Waals surface area (Å²) in [5.41, 5.74) is 1.50. The van der Waals surface area contributed by atoms with Crippen molar-refractivity contribution in [2.24, 2.45) is 23.2 Å². The predicted octanol–water partition coefficient (Wildman–Crippen LogP) is 1.92. The molecule has 7 atom stereocenters. The van der Waals surface area contributed by atoms with Gasteiger partial charge in [0, 0.05) is 17.0 Å². The van der Waals surface area contributed by atoms with Crippen LogP contribution in [0.4, 0.5) is 5.69 Å². The molecule has 3 saturated heterocycles. The molecule has 1 spiro atoms. The van der Waals surface area contributed by atoms with E-state index in [2.05, 4.69) is 49.1 Å². The maximum absolute atomic E-state index is 13.0. The summed E-state index contributed by atoms with van der Waals surface area (Å²) in [5.74, 6) is 0.922. The van der Waals surface area contributed by atoms with E-state index in [1.807, 2.05) is 0 Å². The molecule has 3 heterocycles. The number of epoxide rings is 1. The first-order valence-corrected chi connectivity index (χ1v) is 12.0. The fourth-order valence-electron chi connectivity index (χ4n) is 7.70. The second kappa shape index (κ2) is 6.70. The summed E-state index contributed by atoms with van der Waals surface area (Å²) in [6.45, 7) is 9.94. The highest BCUT2D eigenvalue weighted by molar-refractivity contribution is 5.76. The number of benzene rings is 1. The SMILES string of the molecule is C[C@@H]1CCC[C@]2(C)C[C@H]3OC(=O)[C@@H](C[NH+]4CCN(c5ccccc5)CC4)[C@H]3[C@@H]3O[C@@]132. The molecule has 1 N–H and O–H groups in total. The molecule has 1 aromatic rings. The van der Waals surface area contributed by atoms with Crippen LogP contribution in [0.3, 0.4) is 0 Å². The van der Waals surface area contributed by atoms with Gasteiger partial charge in [0.15, 0.2) is 0 Å². The number of piperazine rings is 1. The molecule has 0 radical (unpaired) electrons. The molecule has 1 aromatic carbocycles. The number of ether oxygens (including phenoxy) is 2. The zero-order valence-corrected chi connectivity index (χ0v) is 18.3. The summed E-state index contributed by atoms with van der Waals surface area (Å²) in [6, 6.07) is 10.7. The van der Waals surface area contributed by atoms with Gasteiger partial charge in [-0.3, -0.25) is 4.79 Å². The van der Waals surface area contributed by atoms with Crippen molar-refractivity contribution in [1.29, 1.82) is 0 Å². The van der Waals surface area contributed by atoms with Gasteiger partial charge in [0.2, 0.25) is 0 Å². The Morgan fingerprint density at radius 1 is 1.20 bits per heavy atom. The third kappa shape index (κ3) is 2.64. The molecule has 5 heteroatoms. The van der Waals surface area contributed by atoms with Gasteiger partial charge in [-0.15, -0.1) is 0 Å². The third-order valence-corrected chi connectivity index (χ3v) is 9.29. The van der Waals surface area contributed by atoms with E-state index in [4.69, 9.17) is 9.47 Å². The molecule has 2 saturated carbocycles. The first-order chi connectivity index (χ1) is 14.5. The number of carbonyl (C=O) groups excluding carboxylic acids is 1. The van der Waals surface area contributed by atoms with Crippen LogP contribution in [0.15, 0.2) is 30.3 Å². The highest BCUT2D eigenvalue weighted by Crippen LogP contribution is 2.70. The monoisotopic (exact) mass is 411 g/mol. The van der Waals surface area contributed by atoms with E-state index < -0.39 is 0 Å². The van der Waals surface area contributed by atoms with E-state index in [0.29, 0.717) is 5.92 Å². The summed E-state index contributed by atoms with van der Waals surface area (Å²) in [7, 11) is 0. The number of esters is 1. The normalized spacial score (nSPS) is 45.3. The Morgan fingerprint density at radius 3 is 2.73 bits per heavy atom. The molecular weight excluding hydrogens is 376 g/mol. The Balaban J connectivity index is 1.15. The van der Waals surface area contributed by atoms with Crippen LogP contribution in [0.25, 0.3) is 0 Å². The van der Waals surface area contributed by atoms with Crippen molar-refractivity contribution in [3.63, 3.8) is 0 Å². The van der Waals surface area contributed by atoms with Crippen molar-refractivity contribution in [3.8, 4) is 0 Å². The van der Waals surface area contributed by atoms with Crippen LogP contribution in [0.5, 0.6) is 0 Å². The van der Waals surface area contributed by atoms with Crippen molar-refractivity contribution in [3.05, 3.63) is 30.3 Å². The summed E-state index contributed by atoms with van der Waals surface area (Å²) < 4.78 is 12.6. The number of fused-ring (bicyclic) bond motifs is 2. The minimum atomic E-state index is 0.0105. The average molecular weight is 412 g/mol. The smallest absolute Gasteiger partial charge is 0.315 e. The van der Waals surface area contributed by atoms with Gasteiger partial charge in [-0.2, -0.15) is 0 Å². The highest BCUT2D eigenvalue weighted by Gasteiger charge is 2.78. The Bertz CT molecular complexity index is 823. The molecule has 30 heavy (non-hydrogen) atoms. The fraction of sp³-hybridized carbons (Fsp3) is 0.720. The molecule has 3 aliphatic heterocycles. The topological polar surface area (TPSA) is 46.5 Å². The van der Waals surface area contributed by atoms with Crippen LogP contribution in [0.1, 0.15) is 39.5 Å². The second-order valence-corrected chi connectivity index (χ2v) is 10.8. The largest absolute Gasteiger partial charge is 0.462 e. The maximum Gasteiger partial charge on any atom is 0.315 e. The second-order valence-electron chi connectivity index (χ2n) is 10.8. The molecule has 6 rings (SSSR count). The molecule has 0 bridgehead atoms. The molecular formula is C25H35N2O3+. The van der Waals surface area contributed by atoms with Crippen LogP contribution in [0, 0.1) is 23.2 Å². The standard InChI is InChI=1S/C25H34N2O3/c1-17-7-6-10-24(2)15-20-21(22-25(17,24)30-22)19(23(28)29-20)16-26-11-13-27(14-12-26)18-8-4-3-5-9-18/h3-5,8-9,17,19-22H,6-7,10-16H2,1-2H3/p+1/t17-,19+,20-,21-,22+,24-,25+/m1/s1. The number of carbonyl (C=O) groups is 1.